The maximum atomic E-state index is 12.1. The van der Waals surface area contributed by atoms with Crippen LogP contribution in [0, 0.1) is 5.92 Å². The number of rotatable bonds is 8. The van der Waals surface area contributed by atoms with Crippen molar-refractivity contribution < 1.29 is 8.42 Å². The molecule has 2 rings (SSSR count). The third-order valence-electron chi connectivity index (χ3n) is 3.40. The van der Waals surface area contributed by atoms with E-state index in [-0.39, 0.29) is 10.9 Å². The van der Waals surface area contributed by atoms with Gasteiger partial charge in [-0.05, 0) is 45.7 Å². The number of nitrogens with zero attached hydrogens (tertiary/aromatic N) is 2. The van der Waals surface area contributed by atoms with Gasteiger partial charge in [0.2, 0.25) is 10.0 Å². The molecular formula is C12H22N4O2S. The van der Waals surface area contributed by atoms with Gasteiger partial charge in [-0.3, -0.25) is 4.68 Å². The van der Waals surface area contributed by atoms with Crippen molar-refractivity contribution in [3.8, 4) is 0 Å². The van der Waals surface area contributed by atoms with Crippen LogP contribution in [0.3, 0.4) is 0 Å². The second kappa shape index (κ2) is 6.02. The molecule has 6 nitrogen and oxygen atoms in total. The van der Waals surface area contributed by atoms with Crippen molar-refractivity contribution in [3.05, 3.63) is 12.4 Å². The molecule has 0 bridgehead atoms. The number of nitrogens with one attached hydrogen (secondary N) is 2. The van der Waals surface area contributed by atoms with Gasteiger partial charge in [0.1, 0.15) is 4.90 Å². The summed E-state index contributed by atoms with van der Waals surface area (Å²) in [5, 5.41) is 7.14. The van der Waals surface area contributed by atoms with E-state index in [1.807, 2.05) is 14.0 Å². The highest BCUT2D eigenvalue weighted by Gasteiger charge is 2.31. The van der Waals surface area contributed by atoms with Crippen LogP contribution < -0.4 is 10.0 Å². The van der Waals surface area contributed by atoms with Crippen molar-refractivity contribution in [2.24, 2.45) is 5.92 Å². The Morgan fingerprint density at radius 3 is 2.89 bits per heavy atom. The highest BCUT2D eigenvalue weighted by Crippen LogP contribution is 2.32. The molecule has 0 aromatic carbocycles. The molecule has 0 aliphatic heterocycles. The monoisotopic (exact) mass is 286 g/mol. The minimum absolute atomic E-state index is 0.0117. The number of hydrogen-bond donors (Lipinski definition) is 2. The summed E-state index contributed by atoms with van der Waals surface area (Å²) >= 11 is 0. The molecule has 1 aliphatic rings. The predicted molar refractivity (Wildman–Crippen MR) is 73.3 cm³/mol. The third-order valence-corrected chi connectivity index (χ3v) is 4.92. The van der Waals surface area contributed by atoms with Crippen LogP contribution in [0.4, 0.5) is 0 Å². The number of aryl methyl sites for hydroxylation is 1. The summed E-state index contributed by atoms with van der Waals surface area (Å²) in [7, 11) is -1.53. The van der Waals surface area contributed by atoms with Crippen molar-refractivity contribution in [3.63, 3.8) is 0 Å². The van der Waals surface area contributed by atoms with Crippen LogP contribution in [-0.4, -0.2) is 37.8 Å². The smallest absolute Gasteiger partial charge is 0.243 e. The van der Waals surface area contributed by atoms with E-state index in [0.717, 1.165) is 25.8 Å². The molecule has 1 heterocycles. The molecule has 19 heavy (non-hydrogen) atoms. The largest absolute Gasteiger partial charge is 0.320 e. The Hall–Kier alpha value is -0.920. The molecule has 1 aromatic rings. The molecule has 1 aromatic heterocycles. The lowest BCUT2D eigenvalue weighted by Gasteiger charge is -2.11. The van der Waals surface area contributed by atoms with Crippen LogP contribution >= 0.6 is 0 Å². The molecule has 2 N–H and O–H groups in total. The van der Waals surface area contributed by atoms with E-state index in [0.29, 0.717) is 12.5 Å². The fourth-order valence-electron chi connectivity index (χ4n) is 2.03. The Balaban J connectivity index is 1.95. The zero-order valence-electron chi connectivity index (χ0n) is 11.5. The molecule has 108 valence electrons. The van der Waals surface area contributed by atoms with Gasteiger partial charge in [-0.15, -0.1) is 0 Å². The summed E-state index contributed by atoms with van der Waals surface area (Å²) in [5.74, 6) is 0.500. The van der Waals surface area contributed by atoms with Crippen LogP contribution in [-0.2, 0) is 16.6 Å². The summed E-state index contributed by atoms with van der Waals surface area (Å²) in [6, 6.07) is 0.0117. The van der Waals surface area contributed by atoms with E-state index >= 15 is 0 Å². The average Bonchev–Trinajstić information content (AvgIpc) is 3.09. The molecule has 1 saturated carbocycles. The predicted octanol–water partition coefficient (Wildman–Crippen LogP) is 0.569. The molecule has 1 aliphatic carbocycles. The average molecular weight is 286 g/mol. The molecule has 0 spiro atoms. The zero-order valence-corrected chi connectivity index (χ0v) is 12.3. The van der Waals surface area contributed by atoms with E-state index in [1.54, 1.807) is 10.9 Å². The van der Waals surface area contributed by atoms with Crippen molar-refractivity contribution in [1.29, 1.82) is 0 Å². The molecule has 0 saturated heterocycles. The van der Waals surface area contributed by atoms with Crippen molar-refractivity contribution >= 4 is 10.0 Å². The Morgan fingerprint density at radius 1 is 1.53 bits per heavy atom. The van der Waals surface area contributed by atoms with Crippen LogP contribution in [0.25, 0.3) is 0 Å². The summed E-state index contributed by atoms with van der Waals surface area (Å²) in [4.78, 5) is 0.254. The minimum Gasteiger partial charge on any atom is -0.320 e. The first-order valence-corrected chi connectivity index (χ1v) is 8.20. The Kier molecular flexibility index (Phi) is 4.59. The fraction of sp³-hybridized carbons (Fsp3) is 0.750. The van der Waals surface area contributed by atoms with E-state index in [2.05, 4.69) is 15.1 Å². The van der Waals surface area contributed by atoms with Crippen molar-refractivity contribution in [2.45, 2.75) is 43.7 Å². The Morgan fingerprint density at radius 2 is 2.26 bits per heavy atom. The van der Waals surface area contributed by atoms with Gasteiger partial charge in [0.15, 0.2) is 0 Å². The summed E-state index contributed by atoms with van der Waals surface area (Å²) < 4.78 is 28.7. The lowest BCUT2D eigenvalue weighted by molar-refractivity contribution is 0.537. The van der Waals surface area contributed by atoms with Gasteiger partial charge in [0.05, 0.1) is 6.20 Å². The lowest BCUT2D eigenvalue weighted by Crippen LogP contribution is -2.33. The van der Waals surface area contributed by atoms with Crippen molar-refractivity contribution in [1.82, 2.24) is 19.8 Å². The molecule has 1 atom stereocenters. The molecule has 7 heteroatoms. The van der Waals surface area contributed by atoms with E-state index < -0.39 is 10.0 Å². The normalized spacial score (nSPS) is 17.6. The lowest BCUT2D eigenvalue weighted by atomic mass is 10.2. The summed E-state index contributed by atoms with van der Waals surface area (Å²) in [6.45, 7) is 3.53. The molecule has 1 unspecified atom stereocenters. The topological polar surface area (TPSA) is 76.0 Å². The van der Waals surface area contributed by atoms with E-state index in [9.17, 15) is 8.42 Å². The first-order chi connectivity index (χ1) is 9.03. The second-order valence-corrected chi connectivity index (χ2v) is 6.86. The quantitative estimate of drug-likeness (QED) is 0.685. The molecule has 1 fully saturated rings. The van der Waals surface area contributed by atoms with Gasteiger partial charge in [0.25, 0.3) is 0 Å². The van der Waals surface area contributed by atoms with Crippen LogP contribution in [0.2, 0.25) is 0 Å². The minimum atomic E-state index is -3.42. The first kappa shape index (κ1) is 14.5. The number of aromatic nitrogens is 2. The molecular weight excluding hydrogens is 264 g/mol. The maximum Gasteiger partial charge on any atom is 0.243 e. The fourth-order valence-corrected chi connectivity index (χ4v) is 3.29. The van der Waals surface area contributed by atoms with Gasteiger partial charge in [-0.1, -0.05) is 0 Å². The number of hydrogen-bond acceptors (Lipinski definition) is 4. The highest BCUT2D eigenvalue weighted by molar-refractivity contribution is 7.89. The Labute approximate surface area is 114 Å². The van der Waals surface area contributed by atoms with Gasteiger partial charge < -0.3 is 5.32 Å². The van der Waals surface area contributed by atoms with Crippen LogP contribution in [0.5, 0.6) is 0 Å². The van der Waals surface area contributed by atoms with E-state index in [1.165, 1.54) is 6.20 Å². The highest BCUT2D eigenvalue weighted by atomic mass is 32.2. The molecule has 0 radical (unpaired) electrons. The first-order valence-electron chi connectivity index (χ1n) is 6.72. The second-order valence-electron chi connectivity index (χ2n) is 5.14. The van der Waals surface area contributed by atoms with Gasteiger partial charge in [0, 0.05) is 18.8 Å². The zero-order chi connectivity index (χ0) is 13.9. The standard InChI is InChI=1S/C12H22N4O2S/c1-10(11-4-5-11)15-19(17,18)12-8-14-16(9-12)7-3-6-13-2/h8-11,13,15H,3-7H2,1-2H3. The van der Waals surface area contributed by atoms with E-state index in [4.69, 9.17) is 0 Å². The van der Waals surface area contributed by atoms with Crippen molar-refractivity contribution in [2.75, 3.05) is 13.6 Å². The SMILES string of the molecule is CNCCCn1cc(S(=O)(=O)NC(C)C2CC2)cn1. The Bertz CT molecular complexity index is 508. The van der Waals surface area contributed by atoms with Crippen LogP contribution in [0.1, 0.15) is 26.2 Å². The maximum absolute atomic E-state index is 12.1. The van der Waals surface area contributed by atoms with Gasteiger partial charge >= 0.3 is 0 Å². The molecule has 0 amide bonds. The van der Waals surface area contributed by atoms with Gasteiger partial charge in [-0.2, -0.15) is 5.10 Å². The summed E-state index contributed by atoms with van der Waals surface area (Å²) in [6.07, 6.45) is 6.17. The third kappa shape index (κ3) is 4.02. The van der Waals surface area contributed by atoms with Gasteiger partial charge in [-0.25, -0.2) is 13.1 Å². The summed E-state index contributed by atoms with van der Waals surface area (Å²) in [5.41, 5.74) is 0. The van der Waals surface area contributed by atoms with Crippen LogP contribution in [0.15, 0.2) is 17.3 Å². The number of sulfonamides is 1.